The molecule has 0 saturated heterocycles. The molecule has 2 heteroatoms. The Morgan fingerprint density at radius 3 is 2.32 bits per heavy atom. The van der Waals surface area contributed by atoms with Gasteiger partial charge in [-0.1, -0.05) is 48.0 Å². The van der Waals surface area contributed by atoms with Gasteiger partial charge in [0.05, 0.1) is 5.69 Å². The van der Waals surface area contributed by atoms with Crippen molar-refractivity contribution in [2.75, 3.05) is 14.1 Å². The van der Waals surface area contributed by atoms with E-state index >= 15 is 0 Å². The van der Waals surface area contributed by atoms with Gasteiger partial charge in [-0.2, -0.15) is 0 Å². The highest BCUT2D eigenvalue weighted by Crippen LogP contribution is 2.30. The zero-order valence-corrected chi connectivity index (χ0v) is 15.8. The lowest BCUT2D eigenvalue weighted by atomic mass is 9.99. The molecule has 0 N–H and O–H groups in total. The van der Waals surface area contributed by atoms with Gasteiger partial charge in [0.15, 0.2) is 0 Å². The topological polar surface area (TPSA) is 15.6 Å². The van der Waals surface area contributed by atoms with E-state index in [2.05, 4.69) is 88.3 Å². The molecule has 0 bridgehead atoms. The van der Waals surface area contributed by atoms with Gasteiger partial charge in [0, 0.05) is 31.6 Å². The van der Waals surface area contributed by atoms with Crippen LogP contribution >= 0.6 is 0 Å². The molecule has 25 heavy (non-hydrogen) atoms. The summed E-state index contributed by atoms with van der Waals surface area (Å²) in [6.07, 6.45) is 7.53. The molecule has 2 nitrogen and oxygen atoms in total. The second kappa shape index (κ2) is 7.10. The average molecular weight is 330 g/mol. The predicted molar refractivity (Wildman–Crippen MR) is 109 cm³/mol. The van der Waals surface area contributed by atoms with Crippen LogP contribution in [0, 0.1) is 20.8 Å². The van der Waals surface area contributed by atoms with E-state index in [1.807, 2.05) is 6.21 Å². The molecule has 0 radical (unpaired) electrons. The van der Waals surface area contributed by atoms with Crippen LogP contribution in [0.1, 0.15) is 34.2 Å². The van der Waals surface area contributed by atoms with Crippen molar-refractivity contribution in [1.29, 1.82) is 0 Å². The van der Waals surface area contributed by atoms with E-state index in [-0.39, 0.29) is 0 Å². The Morgan fingerprint density at radius 2 is 1.68 bits per heavy atom. The number of hydrogen-bond donors (Lipinski definition) is 0. The fraction of sp³-hybridized carbons (Fsp3) is 0.261. The molecule has 2 aromatic carbocycles. The summed E-state index contributed by atoms with van der Waals surface area (Å²) < 4.78 is 0. The van der Waals surface area contributed by atoms with Crippen LogP contribution in [-0.4, -0.2) is 25.2 Å². The first-order valence-electron chi connectivity index (χ1n) is 8.75. The molecule has 1 aliphatic carbocycles. The summed E-state index contributed by atoms with van der Waals surface area (Å²) in [6.45, 7) is 6.39. The van der Waals surface area contributed by atoms with E-state index in [0.29, 0.717) is 0 Å². The second-order valence-corrected chi connectivity index (χ2v) is 6.99. The van der Waals surface area contributed by atoms with Crippen LogP contribution in [0.25, 0.3) is 5.57 Å². The summed E-state index contributed by atoms with van der Waals surface area (Å²) in [5.74, 6) is 0. The second-order valence-electron chi connectivity index (χ2n) is 6.99. The Balaban J connectivity index is 1.94. The molecule has 0 atom stereocenters. The summed E-state index contributed by atoms with van der Waals surface area (Å²) in [5, 5.41) is 0. The molecule has 0 heterocycles. The molecular weight excluding hydrogens is 304 g/mol. The van der Waals surface area contributed by atoms with E-state index in [4.69, 9.17) is 4.99 Å². The van der Waals surface area contributed by atoms with Gasteiger partial charge in [0.25, 0.3) is 0 Å². The Morgan fingerprint density at radius 1 is 1.00 bits per heavy atom. The molecule has 0 saturated carbocycles. The standard InChI is InChI=1S/C23H26N2/c1-16-12-17(2)23(18(3)13-16)24-15-20-8-6-7-9-22(20)19-10-11-21(14-19)25(4)5/h6-9,11-15H,10H2,1-5H3/b24-15-. The first-order valence-corrected chi connectivity index (χ1v) is 8.75. The Hall–Kier alpha value is -2.61. The summed E-state index contributed by atoms with van der Waals surface area (Å²) in [5.41, 5.74) is 9.87. The van der Waals surface area contributed by atoms with Crippen molar-refractivity contribution in [3.8, 4) is 0 Å². The molecule has 1 aliphatic rings. The highest BCUT2D eigenvalue weighted by Gasteiger charge is 2.12. The fourth-order valence-corrected chi connectivity index (χ4v) is 3.42. The molecule has 3 rings (SSSR count). The third-order valence-electron chi connectivity index (χ3n) is 4.64. The van der Waals surface area contributed by atoms with Gasteiger partial charge < -0.3 is 4.90 Å². The van der Waals surface area contributed by atoms with E-state index < -0.39 is 0 Å². The lowest BCUT2D eigenvalue weighted by Crippen LogP contribution is -2.07. The molecule has 0 unspecified atom stereocenters. The van der Waals surface area contributed by atoms with Crippen molar-refractivity contribution in [2.24, 2.45) is 4.99 Å². The Labute approximate surface area is 151 Å². The number of allylic oxidation sites excluding steroid dienone is 3. The zero-order valence-electron chi connectivity index (χ0n) is 15.8. The van der Waals surface area contributed by atoms with Crippen molar-refractivity contribution in [1.82, 2.24) is 4.90 Å². The largest absolute Gasteiger partial charge is 0.378 e. The number of aliphatic imine (C=N–C) groups is 1. The van der Waals surface area contributed by atoms with Gasteiger partial charge in [0.2, 0.25) is 0 Å². The van der Waals surface area contributed by atoms with Crippen LogP contribution in [0.2, 0.25) is 0 Å². The van der Waals surface area contributed by atoms with Crippen molar-refractivity contribution < 1.29 is 0 Å². The predicted octanol–water partition coefficient (Wildman–Crippen LogP) is 5.60. The first-order chi connectivity index (χ1) is 12.0. The number of nitrogens with zero attached hydrogens (tertiary/aromatic N) is 2. The van der Waals surface area contributed by atoms with Crippen LogP contribution in [0.3, 0.4) is 0 Å². The minimum atomic E-state index is 0.973. The highest BCUT2D eigenvalue weighted by molar-refractivity contribution is 5.91. The highest BCUT2D eigenvalue weighted by atomic mass is 15.1. The van der Waals surface area contributed by atoms with E-state index in [0.717, 1.165) is 12.1 Å². The maximum absolute atomic E-state index is 4.82. The van der Waals surface area contributed by atoms with Crippen LogP contribution < -0.4 is 0 Å². The minimum absolute atomic E-state index is 0.973. The lowest BCUT2D eigenvalue weighted by Gasteiger charge is -2.11. The summed E-state index contributed by atoms with van der Waals surface area (Å²) in [4.78, 5) is 6.98. The maximum Gasteiger partial charge on any atom is 0.0688 e. The van der Waals surface area contributed by atoms with Gasteiger partial charge in [-0.3, -0.25) is 4.99 Å². The van der Waals surface area contributed by atoms with Crippen molar-refractivity contribution in [2.45, 2.75) is 27.2 Å². The van der Waals surface area contributed by atoms with Gasteiger partial charge >= 0.3 is 0 Å². The maximum atomic E-state index is 4.82. The fourth-order valence-electron chi connectivity index (χ4n) is 3.42. The first kappa shape index (κ1) is 17.2. The van der Waals surface area contributed by atoms with Crippen LogP contribution in [0.5, 0.6) is 0 Å². The molecule has 2 aromatic rings. The minimum Gasteiger partial charge on any atom is -0.378 e. The van der Waals surface area contributed by atoms with Crippen molar-refractivity contribution in [3.05, 3.63) is 82.1 Å². The van der Waals surface area contributed by atoms with Crippen molar-refractivity contribution >= 4 is 17.5 Å². The van der Waals surface area contributed by atoms with Crippen molar-refractivity contribution in [3.63, 3.8) is 0 Å². The number of likely N-dealkylation sites (N-methyl/N-ethyl adjacent to an activating group) is 1. The smallest absolute Gasteiger partial charge is 0.0688 e. The average Bonchev–Trinajstić information content (AvgIpc) is 3.04. The van der Waals surface area contributed by atoms with Crippen LogP contribution in [0.4, 0.5) is 5.69 Å². The number of hydrogen-bond acceptors (Lipinski definition) is 2. The van der Waals surface area contributed by atoms with E-state index in [1.54, 1.807) is 0 Å². The van der Waals surface area contributed by atoms with Gasteiger partial charge in [-0.05, 0) is 55.5 Å². The summed E-state index contributed by atoms with van der Waals surface area (Å²) in [6, 6.07) is 12.9. The zero-order chi connectivity index (χ0) is 18.0. The van der Waals surface area contributed by atoms with E-state index in [1.165, 1.54) is 39.1 Å². The molecule has 0 spiro atoms. The number of benzene rings is 2. The van der Waals surface area contributed by atoms with E-state index in [9.17, 15) is 0 Å². The monoisotopic (exact) mass is 330 g/mol. The molecular formula is C23H26N2. The molecule has 0 amide bonds. The Kier molecular flexibility index (Phi) is 4.89. The number of aryl methyl sites for hydroxylation is 3. The summed E-state index contributed by atoms with van der Waals surface area (Å²) in [7, 11) is 4.17. The quantitative estimate of drug-likeness (QED) is 0.667. The molecule has 0 aliphatic heterocycles. The SMILES string of the molecule is Cc1cc(C)c(/N=C\c2ccccc2C2=CC(N(C)C)=CC2)c(C)c1. The van der Waals surface area contributed by atoms with Gasteiger partial charge in [-0.15, -0.1) is 0 Å². The molecule has 0 aromatic heterocycles. The Bertz CT molecular complexity index is 860. The van der Waals surface area contributed by atoms with Crippen LogP contribution in [-0.2, 0) is 0 Å². The normalized spacial score (nSPS) is 14.0. The lowest BCUT2D eigenvalue weighted by molar-refractivity contribution is 0.531. The van der Waals surface area contributed by atoms with Crippen LogP contribution in [0.15, 0.2) is 59.2 Å². The number of rotatable bonds is 4. The molecule has 128 valence electrons. The molecule has 0 fully saturated rings. The summed E-state index contributed by atoms with van der Waals surface area (Å²) >= 11 is 0. The third kappa shape index (κ3) is 3.74. The van der Waals surface area contributed by atoms with Gasteiger partial charge in [-0.25, -0.2) is 0 Å². The van der Waals surface area contributed by atoms with Gasteiger partial charge in [0.1, 0.15) is 0 Å². The third-order valence-corrected chi connectivity index (χ3v) is 4.64.